The van der Waals surface area contributed by atoms with Crippen LogP contribution in [0.5, 0.6) is 0 Å². The smallest absolute Gasteiger partial charge is 0.227 e. The molecule has 9 nitrogen and oxygen atoms in total. The third-order valence-corrected chi connectivity index (χ3v) is 6.11. The van der Waals surface area contributed by atoms with Crippen molar-refractivity contribution >= 4 is 17.7 Å². The van der Waals surface area contributed by atoms with Gasteiger partial charge in [0.2, 0.25) is 23.6 Å². The third-order valence-electron chi connectivity index (χ3n) is 6.11. The number of carbonyl (C=O) groups excluding carboxylic acids is 3. The molecule has 1 aliphatic carbocycles. The monoisotopic (exact) mass is 419 g/mol. The van der Waals surface area contributed by atoms with Crippen molar-refractivity contribution in [3.8, 4) is 0 Å². The molecule has 3 rings (SSSR count). The first-order valence-electron chi connectivity index (χ1n) is 11.1. The molecule has 9 heteroatoms. The van der Waals surface area contributed by atoms with Gasteiger partial charge in [0.15, 0.2) is 5.82 Å². The summed E-state index contributed by atoms with van der Waals surface area (Å²) in [6, 6.07) is 0. The lowest BCUT2D eigenvalue weighted by Crippen LogP contribution is -2.50. The van der Waals surface area contributed by atoms with Gasteiger partial charge in [0.1, 0.15) is 5.54 Å². The molecule has 3 amide bonds. The van der Waals surface area contributed by atoms with Crippen LogP contribution in [0.15, 0.2) is 4.52 Å². The van der Waals surface area contributed by atoms with Crippen LogP contribution in [0.4, 0.5) is 0 Å². The number of hydrogen-bond acceptors (Lipinski definition) is 6. The molecule has 1 aromatic rings. The Labute approximate surface area is 177 Å². The summed E-state index contributed by atoms with van der Waals surface area (Å²) in [6.07, 6.45) is 7.04. The third kappa shape index (κ3) is 5.37. The standard InChI is InChI=1S/C21H33N5O4/c1-3-18(28)25-12-14-26(15-13-25)19(29)9-8-17-22-20(24-30-17)21(23-16(2)27)10-6-4-5-7-11-21/h3-15H2,1-2H3,(H,23,27). The maximum atomic E-state index is 12.6. The second kappa shape index (κ2) is 10.0. The molecular formula is C21H33N5O4. The van der Waals surface area contributed by atoms with Crippen molar-refractivity contribution in [2.45, 2.75) is 77.2 Å². The van der Waals surface area contributed by atoms with Gasteiger partial charge in [0.25, 0.3) is 0 Å². The van der Waals surface area contributed by atoms with Crippen molar-refractivity contribution in [1.82, 2.24) is 25.3 Å². The molecule has 0 spiro atoms. The summed E-state index contributed by atoms with van der Waals surface area (Å²) in [5.74, 6) is 1.01. The highest BCUT2D eigenvalue weighted by atomic mass is 16.5. The topological polar surface area (TPSA) is 109 Å². The molecule has 1 saturated heterocycles. The van der Waals surface area contributed by atoms with Crippen molar-refractivity contribution < 1.29 is 18.9 Å². The predicted octanol–water partition coefficient (Wildman–Crippen LogP) is 1.77. The Balaban J connectivity index is 1.56. The van der Waals surface area contributed by atoms with Crippen LogP contribution in [0.3, 0.4) is 0 Å². The molecule has 1 N–H and O–H groups in total. The maximum Gasteiger partial charge on any atom is 0.227 e. The number of hydrogen-bond donors (Lipinski definition) is 1. The van der Waals surface area contributed by atoms with E-state index in [1.54, 1.807) is 4.90 Å². The van der Waals surface area contributed by atoms with Gasteiger partial charge in [0, 0.05) is 52.4 Å². The van der Waals surface area contributed by atoms with Crippen molar-refractivity contribution in [2.75, 3.05) is 26.2 Å². The molecule has 2 heterocycles. The molecule has 1 saturated carbocycles. The zero-order chi connectivity index (χ0) is 21.6. The van der Waals surface area contributed by atoms with E-state index in [2.05, 4.69) is 15.5 Å². The van der Waals surface area contributed by atoms with E-state index < -0.39 is 5.54 Å². The van der Waals surface area contributed by atoms with E-state index in [9.17, 15) is 14.4 Å². The Morgan fingerprint density at radius 1 is 1.00 bits per heavy atom. The molecule has 0 radical (unpaired) electrons. The van der Waals surface area contributed by atoms with E-state index in [0.29, 0.717) is 50.7 Å². The minimum absolute atomic E-state index is 0.0318. The number of nitrogens with one attached hydrogen (secondary N) is 1. The van der Waals surface area contributed by atoms with Crippen LogP contribution in [0.2, 0.25) is 0 Å². The molecule has 0 atom stereocenters. The fraction of sp³-hybridized carbons (Fsp3) is 0.762. The van der Waals surface area contributed by atoms with Crippen molar-refractivity contribution in [1.29, 1.82) is 0 Å². The van der Waals surface area contributed by atoms with Gasteiger partial charge < -0.3 is 19.6 Å². The maximum absolute atomic E-state index is 12.6. The van der Waals surface area contributed by atoms with Gasteiger partial charge in [-0.15, -0.1) is 0 Å². The van der Waals surface area contributed by atoms with Gasteiger partial charge in [-0.25, -0.2) is 0 Å². The first-order chi connectivity index (χ1) is 14.4. The lowest BCUT2D eigenvalue weighted by atomic mass is 9.89. The van der Waals surface area contributed by atoms with Crippen LogP contribution in [-0.4, -0.2) is 63.8 Å². The van der Waals surface area contributed by atoms with E-state index in [-0.39, 0.29) is 24.1 Å². The zero-order valence-electron chi connectivity index (χ0n) is 18.1. The van der Waals surface area contributed by atoms with Crippen LogP contribution in [-0.2, 0) is 26.3 Å². The van der Waals surface area contributed by atoms with Crippen molar-refractivity contribution in [3.05, 3.63) is 11.7 Å². The molecule has 1 aliphatic heterocycles. The van der Waals surface area contributed by atoms with E-state index in [1.165, 1.54) is 6.92 Å². The summed E-state index contributed by atoms with van der Waals surface area (Å²) in [4.78, 5) is 44.3. The Kier molecular flexibility index (Phi) is 7.44. The summed E-state index contributed by atoms with van der Waals surface area (Å²) < 4.78 is 5.43. The van der Waals surface area contributed by atoms with Gasteiger partial charge in [-0.05, 0) is 12.8 Å². The highest BCUT2D eigenvalue weighted by Crippen LogP contribution is 2.34. The molecular weight excluding hydrogens is 386 g/mol. The van der Waals surface area contributed by atoms with Gasteiger partial charge in [-0.2, -0.15) is 4.98 Å². The quantitative estimate of drug-likeness (QED) is 0.704. The van der Waals surface area contributed by atoms with Crippen LogP contribution >= 0.6 is 0 Å². The molecule has 2 aliphatic rings. The number of rotatable bonds is 6. The Bertz CT molecular complexity index is 746. The second-order valence-electron chi connectivity index (χ2n) is 8.30. The number of nitrogens with zero attached hydrogens (tertiary/aromatic N) is 4. The lowest BCUT2D eigenvalue weighted by molar-refractivity contribution is -0.139. The summed E-state index contributed by atoms with van der Waals surface area (Å²) in [6.45, 7) is 5.66. The van der Waals surface area contributed by atoms with Crippen LogP contribution < -0.4 is 5.32 Å². The first kappa shape index (κ1) is 22.2. The first-order valence-corrected chi connectivity index (χ1v) is 11.1. The van der Waals surface area contributed by atoms with Crippen LogP contribution in [0.25, 0.3) is 0 Å². The molecule has 30 heavy (non-hydrogen) atoms. The number of piperazine rings is 1. The highest BCUT2D eigenvalue weighted by molar-refractivity contribution is 5.78. The molecule has 0 unspecified atom stereocenters. The number of carbonyl (C=O) groups is 3. The van der Waals surface area contributed by atoms with Crippen LogP contribution in [0.1, 0.15) is 76.9 Å². The fourth-order valence-electron chi connectivity index (χ4n) is 4.43. The Morgan fingerprint density at radius 2 is 1.60 bits per heavy atom. The molecule has 1 aromatic heterocycles. The van der Waals surface area contributed by atoms with Gasteiger partial charge in [0.05, 0.1) is 0 Å². The average molecular weight is 420 g/mol. The van der Waals surface area contributed by atoms with E-state index >= 15 is 0 Å². The molecule has 166 valence electrons. The van der Waals surface area contributed by atoms with Crippen molar-refractivity contribution in [3.63, 3.8) is 0 Å². The summed E-state index contributed by atoms with van der Waals surface area (Å²) in [5, 5.41) is 7.23. The van der Waals surface area contributed by atoms with Crippen LogP contribution in [0, 0.1) is 0 Å². The van der Waals surface area contributed by atoms with E-state index in [0.717, 1.165) is 38.5 Å². The van der Waals surface area contributed by atoms with E-state index in [4.69, 9.17) is 4.52 Å². The minimum Gasteiger partial charge on any atom is -0.343 e. The largest absolute Gasteiger partial charge is 0.343 e. The SMILES string of the molecule is CCC(=O)N1CCN(C(=O)CCc2nc(C3(NC(C)=O)CCCCCC3)no2)CC1. The number of aryl methyl sites for hydroxylation is 1. The average Bonchev–Trinajstić information content (AvgIpc) is 3.11. The fourth-order valence-corrected chi connectivity index (χ4v) is 4.43. The molecule has 0 bridgehead atoms. The predicted molar refractivity (Wildman–Crippen MR) is 109 cm³/mol. The zero-order valence-corrected chi connectivity index (χ0v) is 18.1. The summed E-state index contributed by atoms with van der Waals surface area (Å²) in [5.41, 5.74) is -0.573. The second-order valence-corrected chi connectivity index (χ2v) is 8.30. The highest BCUT2D eigenvalue weighted by Gasteiger charge is 2.38. The summed E-state index contributed by atoms with van der Waals surface area (Å²) in [7, 11) is 0. The van der Waals surface area contributed by atoms with E-state index in [1.807, 2.05) is 11.8 Å². The van der Waals surface area contributed by atoms with Crippen molar-refractivity contribution in [2.24, 2.45) is 0 Å². The minimum atomic E-state index is -0.573. The Morgan fingerprint density at radius 3 is 2.17 bits per heavy atom. The Hall–Kier alpha value is -2.45. The van der Waals surface area contributed by atoms with Gasteiger partial charge in [-0.3, -0.25) is 14.4 Å². The molecule has 0 aromatic carbocycles. The normalized spacial score (nSPS) is 19.3. The van der Waals surface area contributed by atoms with Gasteiger partial charge in [-0.1, -0.05) is 37.8 Å². The number of aromatic nitrogens is 2. The number of amides is 3. The lowest BCUT2D eigenvalue weighted by Gasteiger charge is -2.34. The van der Waals surface area contributed by atoms with Gasteiger partial charge >= 0.3 is 0 Å². The molecule has 2 fully saturated rings. The summed E-state index contributed by atoms with van der Waals surface area (Å²) >= 11 is 0.